The first-order chi connectivity index (χ1) is 3.29. The molecule has 1 atom stereocenters. The molecule has 0 spiro atoms. The first-order valence-electron chi connectivity index (χ1n) is 2.64. The Kier molecular flexibility index (Phi) is 1.13. The van der Waals surface area contributed by atoms with Crippen molar-refractivity contribution in [3.8, 4) is 0 Å². The molecule has 1 nitrogen and oxygen atoms in total. The highest BCUT2D eigenvalue weighted by molar-refractivity contribution is 5.80. The minimum atomic E-state index is 0.389. The average molecular weight is 97.1 g/mol. The van der Waals surface area contributed by atoms with Gasteiger partial charge in [-0.3, -0.25) is 4.79 Å². The summed E-state index contributed by atoms with van der Waals surface area (Å²) in [6, 6.07) is 0. The van der Waals surface area contributed by atoms with Gasteiger partial charge in [-0.05, 0) is 19.3 Å². The summed E-state index contributed by atoms with van der Waals surface area (Å²) in [7, 11) is 0. The van der Waals surface area contributed by atoms with Crippen molar-refractivity contribution in [2.24, 2.45) is 5.92 Å². The van der Waals surface area contributed by atoms with E-state index in [1.807, 2.05) is 0 Å². The van der Waals surface area contributed by atoms with E-state index in [2.05, 4.69) is 6.92 Å². The third-order valence-electron chi connectivity index (χ3n) is 1.35. The predicted molar refractivity (Wildman–Crippen MR) is 27.7 cm³/mol. The van der Waals surface area contributed by atoms with Crippen LogP contribution in [0, 0.1) is 12.8 Å². The van der Waals surface area contributed by atoms with E-state index in [0.717, 1.165) is 19.3 Å². The van der Waals surface area contributed by atoms with Gasteiger partial charge in [0.15, 0.2) is 0 Å². The fourth-order valence-electron chi connectivity index (χ4n) is 0.891. The molecule has 1 saturated carbocycles. The molecular formula is C6H9O. The van der Waals surface area contributed by atoms with E-state index in [1.54, 1.807) is 0 Å². The second-order valence-electron chi connectivity index (χ2n) is 2.15. The molecule has 0 aromatic heterocycles. The van der Waals surface area contributed by atoms with Crippen molar-refractivity contribution >= 4 is 5.78 Å². The Morgan fingerprint density at radius 3 is 2.57 bits per heavy atom. The van der Waals surface area contributed by atoms with Crippen LogP contribution in [0.25, 0.3) is 0 Å². The van der Waals surface area contributed by atoms with Gasteiger partial charge in [-0.15, -0.1) is 0 Å². The number of rotatable bonds is 0. The Labute approximate surface area is 43.7 Å². The largest absolute Gasteiger partial charge is 0.300 e. The minimum Gasteiger partial charge on any atom is -0.300 e. The summed E-state index contributed by atoms with van der Waals surface area (Å²) in [6.07, 6.45) is 2.51. The standard InChI is InChI=1S/C6H9O/c1-5-2-3-6(7)4-5/h5H,1-4H2. The number of hydrogen-bond donors (Lipinski definition) is 0. The SMILES string of the molecule is [CH2]C1CCC(=O)C1. The van der Waals surface area contributed by atoms with E-state index in [9.17, 15) is 4.79 Å². The zero-order valence-corrected chi connectivity index (χ0v) is 4.31. The van der Waals surface area contributed by atoms with Gasteiger partial charge in [0.05, 0.1) is 0 Å². The van der Waals surface area contributed by atoms with Gasteiger partial charge in [0.25, 0.3) is 0 Å². The van der Waals surface area contributed by atoms with Gasteiger partial charge < -0.3 is 0 Å². The van der Waals surface area contributed by atoms with Crippen LogP contribution in [-0.4, -0.2) is 5.78 Å². The van der Waals surface area contributed by atoms with E-state index in [-0.39, 0.29) is 0 Å². The normalized spacial score (nSPS) is 31.6. The molecule has 7 heavy (non-hydrogen) atoms. The van der Waals surface area contributed by atoms with E-state index in [1.165, 1.54) is 0 Å². The monoisotopic (exact) mass is 97.1 g/mol. The van der Waals surface area contributed by atoms with Crippen molar-refractivity contribution in [3.05, 3.63) is 6.92 Å². The fraction of sp³-hybridized carbons (Fsp3) is 0.667. The van der Waals surface area contributed by atoms with E-state index >= 15 is 0 Å². The first kappa shape index (κ1) is 4.82. The highest BCUT2D eigenvalue weighted by Gasteiger charge is 2.16. The van der Waals surface area contributed by atoms with Crippen LogP contribution >= 0.6 is 0 Å². The van der Waals surface area contributed by atoms with Crippen LogP contribution in [0.15, 0.2) is 0 Å². The van der Waals surface area contributed by atoms with E-state index < -0.39 is 0 Å². The highest BCUT2D eigenvalue weighted by Crippen LogP contribution is 2.19. The molecule has 0 heterocycles. The molecule has 1 radical (unpaired) electrons. The quantitative estimate of drug-likeness (QED) is 0.443. The van der Waals surface area contributed by atoms with Gasteiger partial charge >= 0.3 is 0 Å². The summed E-state index contributed by atoms with van der Waals surface area (Å²) in [5.41, 5.74) is 0. The fourth-order valence-corrected chi connectivity index (χ4v) is 0.891. The molecule has 0 aliphatic heterocycles. The summed E-state index contributed by atoms with van der Waals surface area (Å²) in [5, 5.41) is 0. The van der Waals surface area contributed by atoms with Crippen molar-refractivity contribution in [3.63, 3.8) is 0 Å². The first-order valence-corrected chi connectivity index (χ1v) is 2.64. The van der Waals surface area contributed by atoms with Crippen LogP contribution in [0.1, 0.15) is 19.3 Å². The number of carbonyl (C=O) groups excluding carboxylic acids is 1. The molecule has 0 amide bonds. The Bertz CT molecular complexity index is 86.2. The summed E-state index contributed by atoms with van der Waals surface area (Å²) >= 11 is 0. The van der Waals surface area contributed by atoms with Crippen molar-refractivity contribution in [2.75, 3.05) is 0 Å². The number of ketones is 1. The molecule has 1 aliphatic rings. The number of hydrogen-bond acceptors (Lipinski definition) is 1. The van der Waals surface area contributed by atoms with Crippen LogP contribution < -0.4 is 0 Å². The lowest BCUT2D eigenvalue weighted by molar-refractivity contribution is -0.117. The summed E-state index contributed by atoms with van der Waals surface area (Å²) < 4.78 is 0. The topological polar surface area (TPSA) is 17.1 Å². The van der Waals surface area contributed by atoms with Crippen LogP contribution in [-0.2, 0) is 4.79 Å². The van der Waals surface area contributed by atoms with Crippen LogP contribution in [0.4, 0.5) is 0 Å². The summed E-state index contributed by atoms with van der Waals surface area (Å²) in [5.74, 6) is 0.812. The van der Waals surface area contributed by atoms with Gasteiger partial charge in [0.2, 0.25) is 0 Å². The minimum absolute atomic E-state index is 0.389. The highest BCUT2D eigenvalue weighted by atomic mass is 16.1. The third-order valence-corrected chi connectivity index (χ3v) is 1.35. The molecular weight excluding hydrogens is 88.1 g/mol. The van der Waals surface area contributed by atoms with Gasteiger partial charge in [0.1, 0.15) is 5.78 Å². The Balaban J connectivity index is 2.40. The third kappa shape index (κ3) is 1.02. The van der Waals surface area contributed by atoms with Crippen LogP contribution in [0.5, 0.6) is 0 Å². The second-order valence-corrected chi connectivity index (χ2v) is 2.15. The number of carbonyl (C=O) groups is 1. The Hall–Kier alpha value is -0.330. The van der Waals surface area contributed by atoms with Crippen molar-refractivity contribution in [2.45, 2.75) is 19.3 Å². The smallest absolute Gasteiger partial charge is 0.133 e. The molecule has 0 aromatic carbocycles. The maximum Gasteiger partial charge on any atom is 0.133 e. The van der Waals surface area contributed by atoms with Gasteiger partial charge in [-0.2, -0.15) is 0 Å². The number of Topliss-reactive ketones (excluding diaryl/α,β-unsaturated/α-hetero) is 1. The lowest BCUT2D eigenvalue weighted by Gasteiger charge is -1.89. The van der Waals surface area contributed by atoms with E-state index in [0.29, 0.717) is 11.7 Å². The van der Waals surface area contributed by atoms with Crippen molar-refractivity contribution in [1.82, 2.24) is 0 Å². The zero-order chi connectivity index (χ0) is 5.28. The molecule has 1 aliphatic carbocycles. The summed E-state index contributed by atoms with van der Waals surface area (Å²) in [4.78, 5) is 10.4. The van der Waals surface area contributed by atoms with Gasteiger partial charge in [-0.25, -0.2) is 0 Å². The maximum absolute atomic E-state index is 10.4. The molecule has 1 unspecified atom stereocenters. The molecule has 1 heteroatoms. The second kappa shape index (κ2) is 1.65. The molecule has 0 saturated heterocycles. The van der Waals surface area contributed by atoms with Gasteiger partial charge in [-0.1, -0.05) is 0 Å². The lowest BCUT2D eigenvalue weighted by Crippen LogP contribution is -1.87. The van der Waals surface area contributed by atoms with Gasteiger partial charge in [0, 0.05) is 12.8 Å². The molecule has 0 N–H and O–H groups in total. The van der Waals surface area contributed by atoms with Crippen molar-refractivity contribution < 1.29 is 4.79 Å². The molecule has 39 valence electrons. The molecule has 0 bridgehead atoms. The molecule has 0 aromatic rings. The van der Waals surface area contributed by atoms with E-state index in [4.69, 9.17) is 0 Å². The average Bonchev–Trinajstić information content (AvgIpc) is 1.87. The Morgan fingerprint density at radius 2 is 2.43 bits per heavy atom. The summed E-state index contributed by atoms with van der Waals surface area (Å²) in [6.45, 7) is 3.77. The lowest BCUT2D eigenvalue weighted by atomic mass is 10.1. The van der Waals surface area contributed by atoms with Crippen LogP contribution in [0.3, 0.4) is 0 Å². The Morgan fingerprint density at radius 1 is 1.71 bits per heavy atom. The molecule has 1 fully saturated rings. The maximum atomic E-state index is 10.4. The molecule has 1 rings (SSSR count). The predicted octanol–water partition coefficient (Wildman–Crippen LogP) is 1.19. The zero-order valence-electron chi connectivity index (χ0n) is 4.31. The van der Waals surface area contributed by atoms with Crippen LogP contribution in [0.2, 0.25) is 0 Å². The van der Waals surface area contributed by atoms with Crippen molar-refractivity contribution in [1.29, 1.82) is 0 Å².